The lowest BCUT2D eigenvalue weighted by Crippen LogP contribution is -2.14. The Morgan fingerprint density at radius 2 is 2.27 bits per heavy atom. The molecule has 1 heterocycles. The van der Waals surface area contributed by atoms with E-state index in [2.05, 4.69) is 17.1 Å². The van der Waals surface area contributed by atoms with Gasteiger partial charge in [0, 0.05) is 12.5 Å². The molecule has 0 unspecified atom stereocenters. The summed E-state index contributed by atoms with van der Waals surface area (Å²) in [6.07, 6.45) is 10.9. The van der Waals surface area contributed by atoms with Gasteiger partial charge in [-0.1, -0.05) is 18.6 Å². The van der Waals surface area contributed by atoms with Gasteiger partial charge in [-0.15, -0.1) is 0 Å². The molecule has 1 rings (SSSR count). The molecule has 2 atom stereocenters. The van der Waals surface area contributed by atoms with Crippen LogP contribution in [0, 0.1) is 0 Å². The van der Waals surface area contributed by atoms with Crippen LogP contribution in [0.15, 0.2) is 17.1 Å². The molecule has 0 saturated heterocycles. The molecule has 4 N–H and O–H groups in total. The standard InChI is InChI=1S/C12H23N3/c1-10(13)6-2-3-7-11-8-4-5-9-12(14)15-11/h2-3,10-11H,4-9,13H2,1H3,(H2,14,15)/b3-2-/t10-,11-/m0/s1. The summed E-state index contributed by atoms with van der Waals surface area (Å²) in [6.45, 7) is 2.02. The van der Waals surface area contributed by atoms with Crippen LogP contribution in [0.3, 0.4) is 0 Å². The van der Waals surface area contributed by atoms with Crippen LogP contribution in [0.4, 0.5) is 0 Å². The molecule has 3 nitrogen and oxygen atoms in total. The first kappa shape index (κ1) is 12.2. The predicted octanol–water partition coefficient (Wildman–Crippen LogP) is 1.97. The Morgan fingerprint density at radius 1 is 1.47 bits per heavy atom. The molecule has 15 heavy (non-hydrogen) atoms. The van der Waals surface area contributed by atoms with Crippen molar-refractivity contribution in [3.05, 3.63) is 12.2 Å². The summed E-state index contributed by atoms with van der Waals surface area (Å²) in [5.41, 5.74) is 11.4. The molecule has 0 aliphatic carbocycles. The minimum Gasteiger partial charge on any atom is -0.387 e. The topological polar surface area (TPSA) is 64.4 Å². The molecule has 0 aromatic heterocycles. The van der Waals surface area contributed by atoms with Crippen LogP contribution in [-0.4, -0.2) is 17.9 Å². The van der Waals surface area contributed by atoms with Gasteiger partial charge < -0.3 is 11.5 Å². The quantitative estimate of drug-likeness (QED) is 0.695. The number of nitrogens with zero attached hydrogens (tertiary/aromatic N) is 1. The molecule has 3 heteroatoms. The molecule has 1 aliphatic heterocycles. The van der Waals surface area contributed by atoms with Gasteiger partial charge in [-0.2, -0.15) is 0 Å². The molecule has 0 bridgehead atoms. The minimum absolute atomic E-state index is 0.254. The van der Waals surface area contributed by atoms with Crippen LogP contribution in [0.25, 0.3) is 0 Å². The largest absolute Gasteiger partial charge is 0.387 e. The average molecular weight is 209 g/mol. The zero-order valence-electron chi connectivity index (χ0n) is 9.65. The van der Waals surface area contributed by atoms with E-state index in [9.17, 15) is 0 Å². The van der Waals surface area contributed by atoms with Crippen molar-refractivity contribution in [3.63, 3.8) is 0 Å². The fraction of sp³-hybridized carbons (Fsp3) is 0.750. The lowest BCUT2D eigenvalue weighted by Gasteiger charge is -2.07. The number of nitrogens with two attached hydrogens (primary N) is 2. The monoisotopic (exact) mass is 209 g/mol. The highest BCUT2D eigenvalue weighted by Crippen LogP contribution is 2.15. The Kier molecular flexibility index (Phi) is 5.40. The first-order valence-electron chi connectivity index (χ1n) is 5.91. The molecule has 0 aromatic carbocycles. The number of amidine groups is 1. The highest BCUT2D eigenvalue weighted by atomic mass is 14.9. The van der Waals surface area contributed by atoms with Crippen LogP contribution in [-0.2, 0) is 0 Å². The van der Waals surface area contributed by atoms with Crippen molar-refractivity contribution in [1.29, 1.82) is 0 Å². The molecule has 1 aliphatic rings. The van der Waals surface area contributed by atoms with Crippen molar-refractivity contribution < 1.29 is 0 Å². The van der Waals surface area contributed by atoms with Crippen LogP contribution in [0.5, 0.6) is 0 Å². The maximum atomic E-state index is 5.78. The minimum atomic E-state index is 0.254. The third kappa shape index (κ3) is 5.57. The molecule has 0 saturated carbocycles. The zero-order valence-corrected chi connectivity index (χ0v) is 9.65. The summed E-state index contributed by atoms with van der Waals surface area (Å²) in [7, 11) is 0. The molecule has 0 fully saturated rings. The fourth-order valence-electron chi connectivity index (χ4n) is 1.78. The molecular weight excluding hydrogens is 186 g/mol. The van der Waals surface area contributed by atoms with Crippen LogP contribution >= 0.6 is 0 Å². The van der Waals surface area contributed by atoms with Crippen molar-refractivity contribution in [2.45, 2.75) is 57.5 Å². The normalized spacial score (nSPS) is 24.9. The number of hydrogen-bond acceptors (Lipinski definition) is 3. The Bertz CT molecular complexity index is 231. The molecule has 86 valence electrons. The first-order chi connectivity index (χ1) is 7.18. The third-order valence-corrected chi connectivity index (χ3v) is 2.65. The molecule has 0 radical (unpaired) electrons. The van der Waals surface area contributed by atoms with Crippen LogP contribution in [0.1, 0.15) is 45.4 Å². The van der Waals surface area contributed by atoms with E-state index in [-0.39, 0.29) is 6.04 Å². The molecule has 0 spiro atoms. The average Bonchev–Trinajstić information content (AvgIpc) is 2.37. The van der Waals surface area contributed by atoms with E-state index >= 15 is 0 Å². The van der Waals surface area contributed by atoms with Gasteiger partial charge in [-0.25, -0.2) is 0 Å². The number of aliphatic imine (C=N–C) groups is 1. The third-order valence-electron chi connectivity index (χ3n) is 2.65. The van der Waals surface area contributed by atoms with E-state index < -0.39 is 0 Å². The lowest BCUT2D eigenvalue weighted by atomic mass is 10.1. The Balaban J connectivity index is 2.30. The van der Waals surface area contributed by atoms with E-state index in [1.54, 1.807) is 0 Å². The van der Waals surface area contributed by atoms with Gasteiger partial charge in [-0.3, -0.25) is 4.99 Å². The van der Waals surface area contributed by atoms with Crippen molar-refractivity contribution in [2.24, 2.45) is 16.5 Å². The Labute approximate surface area is 92.6 Å². The fourth-order valence-corrected chi connectivity index (χ4v) is 1.78. The van der Waals surface area contributed by atoms with Crippen LogP contribution in [0.2, 0.25) is 0 Å². The van der Waals surface area contributed by atoms with Crippen molar-refractivity contribution in [2.75, 3.05) is 0 Å². The van der Waals surface area contributed by atoms with E-state index in [0.29, 0.717) is 6.04 Å². The van der Waals surface area contributed by atoms with E-state index in [4.69, 9.17) is 11.5 Å². The van der Waals surface area contributed by atoms with Gasteiger partial charge in [0.05, 0.1) is 11.9 Å². The van der Waals surface area contributed by atoms with Gasteiger partial charge in [0.1, 0.15) is 0 Å². The van der Waals surface area contributed by atoms with E-state index in [1.165, 1.54) is 19.3 Å². The summed E-state index contributed by atoms with van der Waals surface area (Å²) in [4.78, 5) is 4.50. The van der Waals surface area contributed by atoms with Gasteiger partial charge in [0.25, 0.3) is 0 Å². The Hall–Kier alpha value is -0.830. The second kappa shape index (κ2) is 6.62. The maximum Gasteiger partial charge on any atom is 0.0940 e. The first-order valence-corrected chi connectivity index (χ1v) is 5.91. The van der Waals surface area contributed by atoms with E-state index in [1.807, 2.05) is 6.92 Å². The van der Waals surface area contributed by atoms with Gasteiger partial charge in [0.15, 0.2) is 0 Å². The van der Waals surface area contributed by atoms with Crippen LogP contribution < -0.4 is 11.5 Å². The second-order valence-corrected chi connectivity index (χ2v) is 4.44. The lowest BCUT2D eigenvalue weighted by molar-refractivity contribution is 0.595. The highest BCUT2D eigenvalue weighted by molar-refractivity contribution is 5.80. The highest BCUT2D eigenvalue weighted by Gasteiger charge is 2.09. The predicted molar refractivity (Wildman–Crippen MR) is 65.9 cm³/mol. The van der Waals surface area contributed by atoms with Gasteiger partial charge >= 0.3 is 0 Å². The summed E-state index contributed by atoms with van der Waals surface area (Å²) >= 11 is 0. The summed E-state index contributed by atoms with van der Waals surface area (Å²) in [6, 6.07) is 0.654. The van der Waals surface area contributed by atoms with Crippen molar-refractivity contribution in [1.82, 2.24) is 0 Å². The zero-order chi connectivity index (χ0) is 11.1. The number of hydrogen-bond donors (Lipinski definition) is 2. The smallest absolute Gasteiger partial charge is 0.0940 e. The summed E-state index contributed by atoms with van der Waals surface area (Å²) in [5, 5.41) is 0. The van der Waals surface area contributed by atoms with Gasteiger partial charge in [-0.05, 0) is 32.6 Å². The summed E-state index contributed by atoms with van der Waals surface area (Å²) < 4.78 is 0. The van der Waals surface area contributed by atoms with Crippen molar-refractivity contribution >= 4 is 5.84 Å². The SMILES string of the molecule is C[C@H](N)C/C=C\C[C@H]1CCCCC(N)=N1. The maximum absolute atomic E-state index is 5.78. The van der Waals surface area contributed by atoms with E-state index in [0.717, 1.165) is 25.1 Å². The molecule has 0 amide bonds. The Morgan fingerprint density at radius 3 is 3.00 bits per heavy atom. The second-order valence-electron chi connectivity index (χ2n) is 4.44. The van der Waals surface area contributed by atoms with Crippen molar-refractivity contribution in [3.8, 4) is 0 Å². The summed E-state index contributed by atoms with van der Waals surface area (Å²) in [5.74, 6) is 0.832. The number of rotatable bonds is 4. The molecule has 0 aromatic rings. The van der Waals surface area contributed by atoms with Gasteiger partial charge in [0.2, 0.25) is 0 Å². The molecular formula is C12H23N3.